The summed E-state index contributed by atoms with van der Waals surface area (Å²) >= 11 is 0. The van der Waals surface area contributed by atoms with E-state index in [0.717, 1.165) is 12.1 Å². The Morgan fingerprint density at radius 1 is 1.08 bits per heavy atom. The van der Waals surface area contributed by atoms with E-state index in [4.69, 9.17) is 4.74 Å². The topological polar surface area (TPSA) is 64.6 Å². The molecule has 0 unspecified atom stereocenters. The second-order valence-corrected chi connectivity index (χ2v) is 4.90. The number of rotatable bonds is 5. The molecule has 1 N–H and O–H groups in total. The van der Waals surface area contributed by atoms with Crippen molar-refractivity contribution in [3.8, 4) is 5.75 Å². The molecule has 0 saturated carbocycles. The molecule has 0 radical (unpaired) electrons. The van der Waals surface area contributed by atoms with Gasteiger partial charge in [-0.15, -0.1) is 0 Å². The molecule has 0 spiro atoms. The lowest BCUT2D eigenvalue weighted by atomic mass is 10.2. The molecule has 0 fully saturated rings. The molecule has 0 aromatic heterocycles. The molecule has 0 aliphatic carbocycles. The first kappa shape index (κ1) is 18.3. The molecular formula is C17H14F3NO4. The van der Waals surface area contributed by atoms with Crippen molar-refractivity contribution in [3.05, 3.63) is 59.7 Å². The van der Waals surface area contributed by atoms with Crippen molar-refractivity contribution in [1.29, 1.82) is 0 Å². The third kappa shape index (κ3) is 4.97. The van der Waals surface area contributed by atoms with Crippen molar-refractivity contribution in [2.24, 2.45) is 0 Å². The van der Waals surface area contributed by atoms with Gasteiger partial charge in [-0.2, -0.15) is 13.2 Å². The Balaban J connectivity index is 2.02. The van der Waals surface area contributed by atoms with E-state index in [-0.39, 0.29) is 17.0 Å². The quantitative estimate of drug-likeness (QED) is 0.836. The van der Waals surface area contributed by atoms with Gasteiger partial charge in [-0.25, -0.2) is 4.79 Å². The van der Waals surface area contributed by atoms with E-state index in [1.165, 1.54) is 31.4 Å². The van der Waals surface area contributed by atoms with Gasteiger partial charge in [-0.1, -0.05) is 18.2 Å². The van der Waals surface area contributed by atoms with Crippen molar-refractivity contribution >= 4 is 17.6 Å². The molecule has 8 heteroatoms. The van der Waals surface area contributed by atoms with Gasteiger partial charge in [0.2, 0.25) is 0 Å². The zero-order valence-corrected chi connectivity index (χ0v) is 13.1. The smallest absolute Gasteiger partial charge is 0.416 e. The largest absolute Gasteiger partial charge is 0.483 e. The van der Waals surface area contributed by atoms with Crippen molar-refractivity contribution in [3.63, 3.8) is 0 Å². The maximum atomic E-state index is 12.6. The minimum Gasteiger partial charge on any atom is -0.483 e. The Hall–Kier alpha value is -3.03. The van der Waals surface area contributed by atoms with E-state index in [9.17, 15) is 22.8 Å². The van der Waals surface area contributed by atoms with E-state index in [0.29, 0.717) is 0 Å². The van der Waals surface area contributed by atoms with Crippen LogP contribution in [0.15, 0.2) is 48.5 Å². The second-order valence-electron chi connectivity index (χ2n) is 4.90. The molecule has 0 heterocycles. The molecule has 0 saturated heterocycles. The fourth-order valence-corrected chi connectivity index (χ4v) is 1.98. The van der Waals surface area contributed by atoms with Crippen molar-refractivity contribution in [2.45, 2.75) is 6.18 Å². The Bertz CT molecular complexity index is 774. The van der Waals surface area contributed by atoms with E-state index in [1.54, 1.807) is 12.1 Å². The highest BCUT2D eigenvalue weighted by atomic mass is 19.4. The number of halogens is 3. The molecule has 0 atom stereocenters. The Morgan fingerprint density at radius 2 is 1.80 bits per heavy atom. The summed E-state index contributed by atoms with van der Waals surface area (Å²) in [5.41, 5.74) is -0.746. The number of benzene rings is 2. The number of alkyl halides is 3. The van der Waals surface area contributed by atoms with E-state index in [2.05, 4.69) is 10.1 Å². The lowest BCUT2D eigenvalue weighted by Gasteiger charge is -2.12. The second kappa shape index (κ2) is 7.69. The summed E-state index contributed by atoms with van der Waals surface area (Å²) in [7, 11) is 1.21. The monoisotopic (exact) mass is 353 g/mol. The summed E-state index contributed by atoms with van der Waals surface area (Å²) in [5, 5.41) is 2.31. The van der Waals surface area contributed by atoms with Crippen LogP contribution >= 0.6 is 0 Å². The van der Waals surface area contributed by atoms with Crippen LogP contribution in [0.1, 0.15) is 15.9 Å². The Labute approximate surface area is 141 Å². The molecule has 2 rings (SSSR count). The number of amides is 1. The SMILES string of the molecule is COC(=O)c1ccccc1OCC(=O)Nc1cccc(C(F)(F)F)c1. The number of hydrogen-bond donors (Lipinski definition) is 1. The summed E-state index contributed by atoms with van der Waals surface area (Å²) in [6, 6.07) is 10.4. The summed E-state index contributed by atoms with van der Waals surface area (Å²) in [5.74, 6) is -1.17. The lowest BCUT2D eigenvalue weighted by Crippen LogP contribution is -2.21. The molecule has 25 heavy (non-hydrogen) atoms. The standard InChI is InChI=1S/C17H14F3NO4/c1-24-16(23)13-7-2-3-8-14(13)25-10-15(22)21-12-6-4-5-11(9-12)17(18,19)20/h2-9H,10H2,1H3,(H,21,22). The number of para-hydroxylation sites is 1. The van der Waals surface area contributed by atoms with Crippen LogP contribution in [-0.4, -0.2) is 25.6 Å². The maximum absolute atomic E-state index is 12.6. The van der Waals surface area contributed by atoms with E-state index < -0.39 is 30.2 Å². The fourth-order valence-electron chi connectivity index (χ4n) is 1.98. The van der Waals surface area contributed by atoms with Gasteiger partial charge < -0.3 is 14.8 Å². The van der Waals surface area contributed by atoms with Gasteiger partial charge >= 0.3 is 12.1 Å². The molecule has 0 bridgehead atoms. The molecule has 2 aromatic carbocycles. The minimum atomic E-state index is -4.50. The molecule has 0 aliphatic rings. The van der Waals surface area contributed by atoms with Gasteiger partial charge in [0.25, 0.3) is 5.91 Å². The summed E-state index contributed by atoms with van der Waals surface area (Å²) in [6.07, 6.45) is -4.50. The highest BCUT2D eigenvalue weighted by molar-refractivity contribution is 5.94. The molecule has 132 valence electrons. The summed E-state index contributed by atoms with van der Waals surface area (Å²) in [4.78, 5) is 23.5. The first-order valence-electron chi connectivity index (χ1n) is 7.08. The number of methoxy groups -OCH3 is 1. The van der Waals surface area contributed by atoms with Crippen LogP contribution in [0.5, 0.6) is 5.75 Å². The Kier molecular flexibility index (Phi) is 5.63. The van der Waals surface area contributed by atoms with Crippen LogP contribution < -0.4 is 10.1 Å². The molecule has 0 aliphatic heterocycles. The number of anilines is 1. The number of esters is 1. The first-order valence-corrected chi connectivity index (χ1v) is 7.08. The number of carbonyl (C=O) groups is 2. The zero-order valence-electron chi connectivity index (χ0n) is 13.1. The van der Waals surface area contributed by atoms with Gasteiger partial charge in [0.1, 0.15) is 11.3 Å². The average molecular weight is 353 g/mol. The average Bonchev–Trinajstić information content (AvgIpc) is 2.59. The van der Waals surface area contributed by atoms with Gasteiger partial charge in [0.05, 0.1) is 12.7 Å². The number of hydrogen-bond acceptors (Lipinski definition) is 4. The van der Waals surface area contributed by atoms with Crippen LogP contribution in [0.2, 0.25) is 0 Å². The molecule has 5 nitrogen and oxygen atoms in total. The van der Waals surface area contributed by atoms with Gasteiger partial charge in [-0.3, -0.25) is 4.79 Å². The van der Waals surface area contributed by atoms with Crippen LogP contribution in [0.3, 0.4) is 0 Å². The van der Waals surface area contributed by atoms with Crippen molar-refractivity contribution < 1.29 is 32.2 Å². The highest BCUT2D eigenvalue weighted by Gasteiger charge is 2.30. The van der Waals surface area contributed by atoms with Crippen molar-refractivity contribution in [1.82, 2.24) is 0 Å². The number of carbonyl (C=O) groups excluding carboxylic acids is 2. The van der Waals surface area contributed by atoms with E-state index >= 15 is 0 Å². The van der Waals surface area contributed by atoms with Crippen LogP contribution in [0.4, 0.5) is 18.9 Å². The van der Waals surface area contributed by atoms with Crippen LogP contribution in [-0.2, 0) is 15.7 Å². The predicted octanol–water partition coefficient (Wildman–Crippen LogP) is 3.51. The maximum Gasteiger partial charge on any atom is 0.416 e. The third-order valence-electron chi connectivity index (χ3n) is 3.12. The van der Waals surface area contributed by atoms with Crippen LogP contribution in [0.25, 0.3) is 0 Å². The molecular weight excluding hydrogens is 339 g/mol. The van der Waals surface area contributed by atoms with Crippen LogP contribution in [0, 0.1) is 0 Å². The predicted molar refractivity (Wildman–Crippen MR) is 83.4 cm³/mol. The summed E-state index contributed by atoms with van der Waals surface area (Å²) in [6.45, 7) is -0.482. The van der Waals surface area contributed by atoms with Gasteiger partial charge in [-0.05, 0) is 30.3 Å². The first-order chi connectivity index (χ1) is 11.8. The van der Waals surface area contributed by atoms with Gasteiger partial charge in [0, 0.05) is 5.69 Å². The minimum absolute atomic E-state index is 0.00956. The Morgan fingerprint density at radius 3 is 2.48 bits per heavy atom. The summed E-state index contributed by atoms with van der Waals surface area (Å²) < 4.78 is 47.8. The van der Waals surface area contributed by atoms with Crippen molar-refractivity contribution in [2.75, 3.05) is 19.0 Å². The molecule has 2 aromatic rings. The third-order valence-corrected chi connectivity index (χ3v) is 3.12. The number of nitrogens with one attached hydrogen (secondary N) is 1. The zero-order chi connectivity index (χ0) is 18.4. The lowest BCUT2D eigenvalue weighted by molar-refractivity contribution is -0.137. The van der Waals surface area contributed by atoms with E-state index in [1.807, 2.05) is 0 Å². The fraction of sp³-hybridized carbons (Fsp3) is 0.176. The molecule has 1 amide bonds. The highest BCUT2D eigenvalue weighted by Crippen LogP contribution is 2.30. The number of ether oxygens (including phenoxy) is 2. The van der Waals surface area contributed by atoms with Gasteiger partial charge in [0.15, 0.2) is 6.61 Å². The normalized spacial score (nSPS) is 10.9.